The molecule has 2 N–H and O–H groups in total. The molecule has 2 aromatic rings. The van der Waals surface area contributed by atoms with Crippen LogP contribution >= 0.6 is 0 Å². The largest absolute Gasteiger partial charge is 0.484 e. The van der Waals surface area contributed by atoms with E-state index in [-0.39, 0.29) is 12.5 Å². The van der Waals surface area contributed by atoms with Gasteiger partial charge in [0.1, 0.15) is 11.5 Å². The van der Waals surface area contributed by atoms with Crippen LogP contribution in [0.2, 0.25) is 0 Å². The van der Waals surface area contributed by atoms with E-state index in [0.717, 1.165) is 19.3 Å². The zero-order valence-electron chi connectivity index (χ0n) is 16.5. The zero-order valence-corrected chi connectivity index (χ0v) is 16.5. The second-order valence-electron chi connectivity index (χ2n) is 6.77. The van der Waals surface area contributed by atoms with Gasteiger partial charge in [0.2, 0.25) is 0 Å². The van der Waals surface area contributed by atoms with Gasteiger partial charge in [-0.2, -0.15) is 5.10 Å². The van der Waals surface area contributed by atoms with Crippen molar-refractivity contribution in [2.24, 2.45) is 5.10 Å². The standard InChI is InChI=1S/C21H24N4O5/c26-19(22-14-18-5-4-12-29-18)15-30-17-8-6-16(7-9-17)13-23-24-20(27)21(28)25-10-2-1-3-11-25/h4-9,12-13H,1-3,10-11,14-15H2,(H,22,26)(H,24,27)/b23-13-. The van der Waals surface area contributed by atoms with E-state index in [2.05, 4.69) is 15.8 Å². The molecule has 0 saturated carbocycles. The average molecular weight is 412 g/mol. The Morgan fingerprint density at radius 3 is 2.57 bits per heavy atom. The van der Waals surface area contributed by atoms with Crippen LogP contribution in [0.3, 0.4) is 0 Å². The van der Waals surface area contributed by atoms with Crippen LogP contribution in [0.4, 0.5) is 0 Å². The van der Waals surface area contributed by atoms with Gasteiger partial charge in [0.25, 0.3) is 5.91 Å². The van der Waals surface area contributed by atoms with Crippen LogP contribution in [-0.4, -0.2) is 48.5 Å². The molecule has 1 aromatic heterocycles. The highest BCUT2D eigenvalue weighted by Gasteiger charge is 2.22. The molecule has 9 heteroatoms. The smallest absolute Gasteiger partial charge is 0.329 e. The number of hydrogen-bond acceptors (Lipinski definition) is 6. The molecule has 0 aliphatic carbocycles. The van der Waals surface area contributed by atoms with E-state index in [1.165, 1.54) is 6.21 Å². The van der Waals surface area contributed by atoms with Crippen LogP contribution in [-0.2, 0) is 20.9 Å². The quantitative estimate of drug-likeness (QED) is 0.406. The van der Waals surface area contributed by atoms with Crippen LogP contribution in [0.1, 0.15) is 30.6 Å². The summed E-state index contributed by atoms with van der Waals surface area (Å²) in [6.45, 7) is 1.40. The minimum atomic E-state index is -0.742. The number of amides is 3. The summed E-state index contributed by atoms with van der Waals surface area (Å²) >= 11 is 0. The minimum Gasteiger partial charge on any atom is -0.484 e. The van der Waals surface area contributed by atoms with Gasteiger partial charge in [0.15, 0.2) is 6.61 Å². The van der Waals surface area contributed by atoms with Crippen LogP contribution < -0.4 is 15.5 Å². The summed E-state index contributed by atoms with van der Waals surface area (Å²) in [7, 11) is 0. The van der Waals surface area contributed by atoms with Crippen molar-refractivity contribution >= 4 is 23.9 Å². The lowest BCUT2D eigenvalue weighted by Crippen LogP contribution is -2.43. The molecule has 0 unspecified atom stereocenters. The molecule has 30 heavy (non-hydrogen) atoms. The third-order valence-corrected chi connectivity index (χ3v) is 4.51. The van der Waals surface area contributed by atoms with Crippen molar-refractivity contribution < 1.29 is 23.5 Å². The summed E-state index contributed by atoms with van der Waals surface area (Å²) in [5, 5.41) is 6.51. The molecule has 2 heterocycles. The van der Waals surface area contributed by atoms with E-state index >= 15 is 0 Å². The lowest BCUT2D eigenvalue weighted by atomic mass is 10.1. The van der Waals surface area contributed by atoms with Gasteiger partial charge in [-0.05, 0) is 61.2 Å². The molecule has 158 valence electrons. The fourth-order valence-electron chi connectivity index (χ4n) is 2.90. The molecule has 3 rings (SSSR count). The number of hydrazone groups is 1. The van der Waals surface area contributed by atoms with Crippen LogP contribution in [0.15, 0.2) is 52.2 Å². The second-order valence-corrected chi connectivity index (χ2v) is 6.77. The Hall–Kier alpha value is -3.62. The molecule has 0 atom stereocenters. The van der Waals surface area contributed by atoms with Gasteiger partial charge < -0.3 is 19.4 Å². The van der Waals surface area contributed by atoms with Crippen molar-refractivity contribution in [2.45, 2.75) is 25.8 Å². The Bertz CT molecular complexity index is 871. The van der Waals surface area contributed by atoms with Crippen molar-refractivity contribution in [2.75, 3.05) is 19.7 Å². The Balaban J connectivity index is 1.38. The maximum Gasteiger partial charge on any atom is 0.329 e. The molecule has 1 aliphatic heterocycles. The van der Waals surface area contributed by atoms with E-state index in [1.807, 2.05) is 0 Å². The van der Waals surface area contributed by atoms with Crippen LogP contribution in [0.25, 0.3) is 0 Å². The predicted octanol–water partition coefficient (Wildman–Crippen LogP) is 1.44. The summed E-state index contributed by atoms with van der Waals surface area (Å²) in [5.74, 6) is -0.381. The fourth-order valence-corrected chi connectivity index (χ4v) is 2.90. The number of likely N-dealkylation sites (tertiary alicyclic amines) is 1. The van der Waals surface area contributed by atoms with Gasteiger partial charge in [0.05, 0.1) is 19.0 Å². The Morgan fingerprint density at radius 2 is 1.87 bits per heavy atom. The number of furan rings is 1. The number of hydrogen-bond donors (Lipinski definition) is 2. The normalized spacial score (nSPS) is 13.8. The first-order chi connectivity index (χ1) is 14.6. The third kappa shape index (κ3) is 6.47. The third-order valence-electron chi connectivity index (χ3n) is 4.51. The number of piperidine rings is 1. The van der Waals surface area contributed by atoms with Crippen molar-refractivity contribution in [3.8, 4) is 5.75 Å². The number of benzene rings is 1. The molecule has 3 amide bonds. The molecule has 1 aliphatic rings. The minimum absolute atomic E-state index is 0.122. The van der Waals surface area contributed by atoms with Crippen molar-refractivity contribution in [1.29, 1.82) is 0 Å². The van der Waals surface area contributed by atoms with Crippen molar-refractivity contribution in [3.05, 3.63) is 54.0 Å². The number of carbonyl (C=O) groups excluding carboxylic acids is 3. The van der Waals surface area contributed by atoms with Crippen molar-refractivity contribution in [1.82, 2.24) is 15.6 Å². The van der Waals surface area contributed by atoms with E-state index in [9.17, 15) is 14.4 Å². The number of rotatable bonds is 7. The Kier molecular flexibility index (Phi) is 7.59. The van der Waals surface area contributed by atoms with Gasteiger partial charge in [-0.3, -0.25) is 14.4 Å². The Morgan fingerprint density at radius 1 is 1.10 bits per heavy atom. The van der Waals surface area contributed by atoms with E-state index in [0.29, 0.717) is 36.7 Å². The average Bonchev–Trinajstić information content (AvgIpc) is 3.31. The first-order valence-electron chi connectivity index (χ1n) is 9.76. The lowest BCUT2D eigenvalue weighted by molar-refractivity contribution is -0.146. The molecular weight excluding hydrogens is 388 g/mol. The van der Waals surface area contributed by atoms with Gasteiger partial charge in [-0.25, -0.2) is 5.43 Å². The summed E-state index contributed by atoms with van der Waals surface area (Å²) in [5.41, 5.74) is 2.96. The second kappa shape index (κ2) is 10.8. The number of nitrogens with zero attached hydrogens (tertiary/aromatic N) is 2. The maximum atomic E-state index is 12.0. The van der Waals surface area contributed by atoms with Gasteiger partial charge in [-0.1, -0.05) is 0 Å². The molecule has 0 radical (unpaired) electrons. The molecule has 0 spiro atoms. The zero-order chi connectivity index (χ0) is 21.2. The van der Waals surface area contributed by atoms with Gasteiger partial charge >= 0.3 is 11.8 Å². The molecule has 1 aromatic carbocycles. The molecule has 9 nitrogen and oxygen atoms in total. The van der Waals surface area contributed by atoms with Crippen LogP contribution in [0.5, 0.6) is 5.75 Å². The predicted molar refractivity (Wildman–Crippen MR) is 109 cm³/mol. The lowest BCUT2D eigenvalue weighted by Gasteiger charge is -2.25. The molecule has 1 saturated heterocycles. The number of ether oxygens (including phenoxy) is 1. The summed E-state index contributed by atoms with van der Waals surface area (Å²) < 4.78 is 10.6. The SMILES string of the molecule is O=C(COc1ccc(/C=N\NC(=O)C(=O)N2CCCCC2)cc1)NCc1ccco1. The highest BCUT2D eigenvalue weighted by molar-refractivity contribution is 6.35. The monoisotopic (exact) mass is 412 g/mol. The van der Waals surface area contributed by atoms with Crippen molar-refractivity contribution in [3.63, 3.8) is 0 Å². The highest BCUT2D eigenvalue weighted by Crippen LogP contribution is 2.11. The maximum absolute atomic E-state index is 12.0. The Labute approximate surface area is 174 Å². The summed E-state index contributed by atoms with van der Waals surface area (Å²) in [4.78, 5) is 37.2. The molecular formula is C21H24N4O5. The number of carbonyl (C=O) groups is 3. The first kappa shape index (κ1) is 21.1. The summed E-state index contributed by atoms with van der Waals surface area (Å²) in [6, 6.07) is 10.3. The molecule has 0 bridgehead atoms. The summed E-state index contributed by atoms with van der Waals surface area (Å²) in [6.07, 6.45) is 5.89. The van der Waals surface area contributed by atoms with Gasteiger partial charge in [-0.15, -0.1) is 0 Å². The molecule has 1 fully saturated rings. The van der Waals surface area contributed by atoms with E-state index in [1.54, 1.807) is 47.6 Å². The fraction of sp³-hybridized carbons (Fsp3) is 0.333. The van der Waals surface area contributed by atoms with E-state index in [4.69, 9.17) is 9.15 Å². The topological polar surface area (TPSA) is 113 Å². The van der Waals surface area contributed by atoms with E-state index < -0.39 is 11.8 Å². The van der Waals surface area contributed by atoms with Crippen LogP contribution in [0, 0.1) is 0 Å². The highest BCUT2D eigenvalue weighted by atomic mass is 16.5. The number of nitrogens with one attached hydrogen (secondary N) is 2. The first-order valence-corrected chi connectivity index (χ1v) is 9.76. The van der Waals surface area contributed by atoms with Gasteiger partial charge in [0, 0.05) is 13.1 Å².